The summed E-state index contributed by atoms with van der Waals surface area (Å²) in [7, 11) is -5.84. The molecule has 8 heteroatoms. The van der Waals surface area contributed by atoms with Crippen LogP contribution in [0.25, 0.3) is 0 Å². The zero-order valence-electron chi connectivity index (χ0n) is 20.8. The van der Waals surface area contributed by atoms with Gasteiger partial charge in [0.05, 0.1) is 0 Å². The van der Waals surface area contributed by atoms with Gasteiger partial charge in [0.15, 0.2) is 0 Å². The van der Waals surface area contributed by atoms with Crippen LogP contribution in [0, 0.1) is 3.57 Å². The van der Waals surface area contributed by atoms with Crippen molar-refractivity contribution in [1.82, 2.24) is 0 Å². The summed E-state index contributed by atoms with van der Waals surface area (Å²) in [6.07, 6.45) is 0. The second-order valence-corrected chi connectivity index (χ2v) is 14.5. The van der Waals surface area contributed by atoms with E-state index in [-0.39, 0.29) is 21.7 Å². The Bertz CT molecular complexity index is 891. The molecule has 1 rings (SSSR count). The lowest BCUT2D eigenvalue weighted by Gasteiger charge is -2.41. The Kier molecular flexibility index (Phi) is 9.02. The molecule has 0 saturated carbocycles. The highest BCUT2D eigenvalue weighted by Gasteiger charge is 2.44. The van der Waals surface area contributed by atoms with Crippen molar-refractivity contribution in [2.24, 2.45) is 0 Å². The van der Waals surface area contributed by atoms with Crippen LogP contribution in [-0.4, -0.2) is 18.5 Å². The average Bonchev–Trinajstić information content (AvgIpc) is 2.39. The zero-order valence-corrected chi connectivity index (χ0v) is 23.7. The summed E-state index contributed by atoms with van der Waals surface area (Å²) in [4.78, 5) is 0. The fourth-order valence-electron chi connectivity index (χ4n) is 3.50. The van der Waals surface area contributed by atoms with E-state index in [4.69, 9.17) is 13.0 Å². The molecule has 0 fully saturated rings. The van der Waals surface area contributed by atoms with Crippen LogP contribution in [0.15, 0.2) is 6.07 Å². The molecule has 1 aromatic rings. The van der Waals surface area contributed by atoms with E-state index in [1.165, 1.54) is 14.7 Å². The Morgan fingerprint density at radius 1 is 0.677 bits per heavy atom. The highest BCUT2D eigenvalue weighted by Crippen LogP contribution is 2.47. The van der Waals surface area contributed by atoms with E-state index in [0.29, 0.717) is 0 Å². The van der Waals surface area contributed by atoms with Gasteiger partial charge >= 0.3 is 15.6 Å². The van der Waals surface area contributed by atoms with Gasteiger partial charge in [-0.2, -0.15) is 21.6 Å². The van der Waals surface area contributed by atoms with Crippen molar-refractivity contribution in [3.63, 3.8) is 0 Å². The molecule has 0 saturated heterocycles. The highest BCUT2D eigenvalue weighted by atomic mass is 127. The van der Waals surface area contributed by atoms with E-state index in [1.54, 1.807) is 11.1 Å². The summed E-state index contributed by atoms with van der Waals surface area (Å²) in [5.41, 5.74) is 1.19. The molecule has 0 heterocycles. The van der Waals surface area contributed by atoms with Crippen molar-refractivity contribution in [3.05, 3.63) is 31.9 Å². The first-order chi connectivity index (χ1) is 13.1. The molecule has 0 radical (unpaired) electrons. The smallest absolute Gasteiger partial charge is 0.279 e. The van der Waals surface area contributed by atoms with Gasteiger partial charge in [0.1, 0.15) is 0 Å². The standard InChI is InChI=1S/C22H37I.CHF3O3S/c1-19(2,3)14-13-15(23)17(21(7,8)9)18(22(10,11)12)16(14)20(4,5)6;2-1(3,4)8(5,6)7/h13H,1-12H3;(H,5,6,7). The molecule has 0 bridgehead atoms. The number of rotatable bonds is 0. The van der Waals surface area contributed by atoms with Gasteiger partial charge in [-0.3, -0.25) is 4.55 Å². The average molecular weight is 579 g/mol. The highest BCUT2D eigenvalue weighted by molar-refractivity contribution is 14.1. The molecule has 182 valence electrons. The normalized spacial score (nSPS) is 14.2. The van der Waals surface area contributed by atoms with Crippen LogP contribution in [0.3, 0.4) is 0 Å². The predicted molar refractivity (Wildman–Crippen MR) is 132 cm³/mol. The number of halogens is 4. The van der Waals surface area contributed by atoms with Gasteiger partial charge in [-0.15, -0.1) is 0 Å². The first-order valence-corrected chi connectivity index (χ1v) is 12.6. The van der Waals surface area contributed by atoms with Gasteiger partial charge in [-0.25, -0.2) is 0 Å². The Morgan fingerprint density at radius 2 is 0.968 bits per heavy atom. The predicted octanol–water partition coefficient (Wildman–Crippen LogP) is 7.88. The van der Waals surface area contributed by atoms with Crippen LogP contribution in [0.4, 0.5) is 13.2 Å². The Balaban J connectivity index is 0.000000954. The van der Waals surface area contributed by atoms with Crippen molar-refractivity contribution in [2.75, 3.05) is 0 Å². The van der Waals surface area contributed by atoms with Crippen LogP contribution in [-0.2, 0) is 31.8 Å². The minimum absolute atomic E-state index is 0.131. The Labute approximate surface area is 200 Å². The SMILES string of the molecule is CC(C)(C)c1cc(I)c(C(C)(C)C)c(C(C)(C)C)c1C(C)(C)C.O=S(=O)(O)C(F)(F)F. The summed E-state index contributed by atoms with van der Waals surface area (Å²) in [5.74, 6) is 0. The van der Waals surface area contributed by atoms with Crippen molar-refractivity contribution < 1.29 is 26.1 Å². The lowest BCUT2D eigenvalue weighted by molar-refractivity contribution is -0.0510. The Hall–Kier alpha value is -0.350. The van der Waals surface area contributed by atoms with E-state index in [1.807, 2.05) is 0 Å². The molecule has 0 unspecified atom stereocenters. The maximum atomic E-state index is 10.7. The number of benzene rings is 1. The first-order valence-electron chi connectivity index (χ1n) is 10.1. The van der Waals surface area contributed by atoms with Crippen LogP contribution in [0.2, 0.25) is 0 Å². The molecule has 0 aliphatic rings. The molecule has 1 N–H and O–H groups in total. The molecular weight excluding hydrogens is 540 g/mol. The molecule has 1 aromatic carbocycles. The molecule has 0 aliphatic carbocycles. The second-order valence-electron chi connectivity index (χ2n) is 12.0. The van der Waals surface area contributed by atoms with Gasteiger partial charge in [0.2, 0.25) is 0 Å². The largest absolute Gasteiger partial charge is 0.522 e. The molecule has 0 aromatic heterocycles. The lowest BCUT2D eigenvalue weighted by atomic mass is 9.64. The fraction of sp³-hybridized carbons (Fsp3) is 0.739. The Morgan fingerprint density at radius 3 is 1.16 bits per heavy atom. The van der Waals surface area contributed by atoms with Crippen molar-refractivity contribution in [2.45, 2.75) is 110 Å². The van der Waals surface area contributed by atoms with E-state index >= 15 is 0 Å². The summed E-state index contributed by atoms with van der Waals surface area (Å²) < 4.78 is 59.0. The minimum Gasteiger partial charge on any atom is -0.279 e. The number of alkyl halides is 3. The fourth-order valence-corrected chi connectivity index (χ4v) is 4.89. The van der Waals surface area contributed by atoms with Crippen molar-refractivity contribution >= 4 is 32.7 Å². The van der Waals surface area contributed by atoms with Crippen LogP contribution in [0.5, 0.6) is 0 Å². The van der Waals surface area contributed by atoms with Crippen LogP contribution >= 0.6 is 22.6 Å². The van der Waals surface area contributed by atoms with Crippen molar-refractivity contribution in [1.29, 1.82) is 0 Å². The quantitative estimate of drug-likeness (QED) is 0.194. The maximum absolute atomic E-state index is 10.7. The summed E-state index contributed by atoms with van der Waals surface area (Å²) >= 11 is 2.56. The summed E-state index contributed by atoms with van der Waals surface area (Å²) in [5, 5.41) is 0. The monoisotopic (exact) mass is 578 g/mol. The third kappa shape index (κ3) is 8.18. The van der Waals surface area contributed by atoms with E-state index < -0.39 is 15.6 Å². The summed E-state index contributed by atoms with van der Waals surface area (Å²) in [6.45, 7) is 28.3. The molecular formula is C23H38F3IO3S. The molecule has 3 nitrogen and oxygen atoms in total. The van der Waals surface area contributed by atoms with E-state index in [0.717, 1.165) is 0 Å². The number of hydrogen-bond donors (Lipinski definition) is 1. The van der Waals surface area contributed by atoms with E-state index in [9.17, 15) is 13.2 Å². The number of hydrogen-bond acceptors (Lipinski definition) is 2. The van der Waals surface area contributed by atoms with Gasteiger partial charge in [0.25, 0.3) is 0 Å². The second kappa shape index (κ2) is 9.12. The van der Waals surface area contributed by atoms with Crippen molar-refractivity contribution in [3.8, 4) is 0 Å². The topological polar surface area (TPSA) is 54.4 Å². The lowest BCUT2D eigenvalue weighted by Crippen LogP contribution is -2.33. The molecule has 0 spiro atoms. The van der Waals surface area contributed by atoms with E-state index in [2.05, 4.69) is 112 Å². The van der Waals surface area contributed by atoms with Gasteiger partial charge in [-0.05, 0) is 72.6 Å². The molecule has 0 aliphatic heterocycles. The molecule has 0 atom stereocenters. The third-order valence-electron chi connectivity index (χ3n) is 4.63. The summed E-state index contributed by atoms with van der Waals surface area (Å²) in [6, 6.07) is 2.46. The zero-order chi connectivity index (χ0) is 25.6. The molecule has 31 heavy (non-hydrogen) atoms. The third-order valence-corrected chi connectivity index (χ3v) is 6.07. The first kappa shape index (κ1) is 30.6. The minimum atomic E-state index is -5.84. The maximum Gasteiger partial charge on any atom is 0.522 e. The van der Waals surface area contributed by atoms with Gasteiger partial charge in [-0.1, -0.05) is 83.1 Å². The molecule has 0 amide bonds. The van der Waals surface area contributed by atoms with Gasteiger partial charge < -0.3 is 0 Å². The van der Waals surface area contributed by atoms with Crippen LogP contribution in [0.1, 0.15) is 105 Å². The van der Waals surface area contributed by atoms with Gasteiger partial charge in [0, 0.05) is 3.57 Å². The van der Waals surface area contributed by atoms with Crippen LogP contribution < -0.4 is 0 Å².